The van der Waals surface area contributed by atoms with Crippen molar-refractivity contribution in [3.8, 4) is 21.6 Å². The molecule has 0 bridgehead atoms. The minimum atomic E-state index is -0.465. The molecule has 1 aliphatic rings. The van der Waals surface area contributed by atoms with E-state index in [2.05, 4.69) is 22.6 Å². The zero-order valence-corrected chi connectivity index (χ0v) is 25.6. The van der Waals surface area contributed by atoms with Crippen molar-refractivity contribution in [3.05, 3.63) is 125 Å². The van der Waals surface area contributed by atoms with Gasteiger partial charge in [0.15, 0.2) is 5.65 Å². The Morgan fingerprint density at radius 2 is 1.80 bits per heavy atom. The summed E-state index contributed by atoms with van der Waals surface area (Å²) in [6, 6.07) is 26.1. The molecule has 44 heavy (non-hydrogen) atoms. The number of rotatable bonds is 5. The maximum absolute atomic E-state index is 14.4. The van der Waals surface area contributed by atoms with Crippen LogP contribution in [0.5, 0.6) is 0 Å². The van der Waals surface area contributed by atoms with E-state index < -0.39 is 5.82 Å². The lowest BCUT2D eigenvalue weighted by atomic mass is 10.0. The number of fused-ring (bicyclic) bond motifs is 4. The van der Waals surface area contributed by atoms with E-state index in [1.54, 1.807) is 37.2 Å². The maximum atomic E-state index is 14.4. The van der Waals surface area contributed by atoms with Crippen molar-refractivity contribution in [1.29, 1.82) is 0 Å². The number of carbonyl (C=O) groups is 2. The van der Waals surface area contributed by atoms with Crippen LogP contribution in [0.25, 0.3) is 32.6 Å². The molecule has 0 spiro atoms. The Bertz CT molecular complexity index is 2050. The molecule has 3 aromatic heterocycles. The molecule has 6 aromatic rings. The minimum absolute atomic E-state index is 0.0830. The number of para-hydroxylation sites is 2. The molecule has 0 radical (unpaired) electrons. The topological polar surface area (TPSA) is 67.2 Å². The van der Waals surface area contributed by atoms with E-state index >= 15 is 0 Å². The van der Waals surface area contributed by atoms with Gasteiger partial charge in [0.05, 0.1) is 16.3 Å². The number of hydrogen-bond acceptors (Lipinski definition) is 5. The van der Waals surface area contributed by atoms with Crippen LogP contribution in [0.2, 0.25) is 0 Å². The second-order valence-electron chi connectivity index (χ2n) is 10.6. The molecule has 2 amide bonds. The van der Waals surface area contributed by atoms with Gasteiger partial charge in [0.1, 0.15) is 5.82 Å². The Morgan fingerprint density at radius 1 is 0.977 bits per heavy atom. The Balaban J connectivity index is 1.17. The molecule has 1 N–H and O–H groups in total. The number of amides is 2. The summed E-state index contributed by atoms with van der Waals surface area (Å²) < 4.78 is 16.4. The number of anilines is 2. The minimum Gasteiger partial charge on any atom is -0.319 e. The lowest BCUT2D eigenvalue weighted by molar-refractivity contribution is 0.0985. The number of nitrogens with one attached hydrogen (secondary N) is 1. The second-order valence-corrected chi connectivity index (χ2v) is 12.4. The van der Waals surface area contributed by atoms with Gasteiger partial charge in [-0.25, -0.2) is 9.37 Å². The first-order valence-electron chi connectivity index (χ1n) is 14.1. The third-order valence-electron chi connectivity index (χ3n) is 7.95. The summed E-state index contributed by atoms with van der Waals surface area (Å²) in [4.78, 5) is 34.9. The van der Waals surface area contributed by atoms with Gasteiger partial charge in [-0.1, -0.05) is 42.5 Å². The summed E-state index contributed by atoms with van der Waals surface area (Å²) in [5.41, 5.74) is 7.12. The number of carbonyl (C=O) groups excluding carboxylic acids is 2. The van der Waals surface area contributed by atoms with E-state index in [0.717, 1.165) is 43.9 Å². The molecule has 0 saturated carbocycles. The fourth-order valence-corrected chi connectivity index (χ4v) is 7.40. The summed E-state index contributed by atoms with van der Waals surface area (Å²) >= 11 is 2.96. The second kappa shape index (κ2) is 11.4. The van der Waals surface area contributed by atoms with Crippen LogP contribution in [0, 0.1) is 12.7 Å². The molecule has 0 unspecified atom stereocenters. The predicted molar refractivity (Wildman–Crippen MR) is 178 cm³/mol. The smallest absolute Gasteiger partial charge is 0.265 e. The average molecular weight is 619 g/mol. The molecule has 9 heteroatoms. The van der Waals surface area contributed by atoms with Crippen molar-refractivity contribution in [2.45, 2.75) is 13.3 Å². The van der Waals surface area contributed by atoms with E-state index in [-0.39, 0.29) is 17.5 Å². The van der Waals surface area contributed by atoms with E-state index in [1.807, 2.05) is 75.8 Å². The van der Waals surface area contributed by atoms with E-state index in [0.29, 0.717) is 29.0 Å². The molecule has 0 saturated heterocycles. The van der Waals surface area contributed by atoms with E-state index in [9.17, 15) is 14.0 Å². The third-order valence-corrected chi connectivity index (χ3v) is 9.84. The van der Waals surface area contributed by atoms with Crippen LogP contribution in [0.3, 0.4) is 0 Å². The number of thiophene rings is 1. The van der Waals surface area contributed by atoms with Gasteiger partial charge in [0.25, 0.3) is 11.8 Å². The normalized spacial score (nSPS) is 12.5. The molecule has 6 nitrogen and oxygen atoms in total. The molecular weight excluding hydrogens is 592 g/mol. The van der Waals surface area contributed by atoms with Gasteiger partial charge in [-0.2, -0.15) is 0 Å². The zero-order chi connectivity index (χ0) is 30.4. The van der Waals surface area contributed by atoms with Gasteiger partial charge in [0, 0.05) is 52.1 Å². The van der Waals surface area contributed by atoms with Gasteiger partial charge in [-0.3, -0.25) is 13.6 Å². The number of pyridine rings is 1. The first-order chi connectivity index (χ1) is 21.4. The lowest BCUT2D eigenvalue weighted by Crippen LogP contribution is -2.32. The molecule has 4 heterocycles. The first kappa shape index (κ1) is 28.1. The number of nitrogens with zero attached hydrogens (tertiary/aromatic N) is 3. The summed E-state index contributed by atoms with van der Waals surface area (Å²) in [5, 5.41) is 3.81. The molecule has 7 rings (SSSR count). The maximum Gasteiger partial charge on any atom is 0.265 e. The largest absolute Gasteiger partial charge is 0.319 e. The number of hydrogen-bond donors (Lipinski definition) is 1. The predicted octanol–water partition coefficient (Wildman–Crippen LogP) is 8.46. The number of benzene rings is 3. The van der Waals surface area contributed by atoms with Crippen LogP contribution in [0.15, 0.2) is 97.3 Å². The van der Waals surface area contributed by atoms with Crippen molar-refractivity contribution in [2.75, 3.05) is 23.0 Å². The molecule has 0 atom stereocenters. The van der Waals surface area contributed by atoms with Gasteiger partial charge < -0.3 is 10.2 Å². The van der Waals surface area contributed by atoms with E-state index in [4.69, 9.17) is 0 Å². The molecule has 3 aromatic carbocycles. The highest BCUT2D eigenvalue weighted by Gasteiger charge is 2.28. The van der Waals surface area contributed by atoms with Crippen LogP contribution >= 0.6 is 23.3 Å². The molecule has 0 aliphatic carbocycles. The molecule has 218 valence electrons. The number of aromatic nitrogens is 2. The van der Waals surface area contributed by atoms with Crippen molar-refractivity contribution in [2.24, 2.45) is 0 Å². The van der Waals surface area contributed by atoms with Gasteiger partial charge in [0.2, 0.25) is 0 Å². The fourth-order valence-electron chi connectivity index (χ4n) is 5.73. The Kier molecular flexibility index (Phi) is 7.27. The number of aryl methyl sites for hydroxylation is 1. The Labute approximate surface area is 262 Å². The van der Waals surface area contributed by atoms with Gasteiger partial charge in [-0.05, 0) is 84.4 Å². The first-order valence-corrected chi connectivity index (χ1v) is 16.1. The van der Waals surface area contributed by atoms with Gasteiger partial charge in [-0.15, -0.1) is 11.3 Å². The highest BCUT2D eigenvalue weighted by molar-refractivity contribution is 7.97. The summed E-state index contributed by atoms with van der Waals surface area (Å²) in [6.45, 7) is 2.22. The van der Waals surface area contributed by atoms with Crippen molar-refractivity contribution in [1.82, 2.24) is 8.96 Å². The van der Waals surface area contributed by atoms with Crippen LogP contribution < -0.4 is 10.2 Å². The average Bonchev–Trinajstić information content (AvgIpc) is 3.61. The third kappa shape index (κ3) is 4.88. The molecular formula is C35H27FN4O2S2. The van der Waals surface area contributed by atoms with Crippen LogP contribution in [0.4, 0.5) is 15.8 Å². The Morgan fingerprint density at radius 3 is 2.59 bits per heavy atom. The van der Waals surface area contributed by atoms with Crippen molar-refractivity contribution >= 4 is 57.5 Å². The molecule has 1 aliphatic heterocycles. The van der Waals surface area contributed by atoms with E-state index in [1.165, 1.54) is 17.4 Å². The standard InChI is InChI=1S/C35H27FN4O2S2/c1-21-7-5-10-28(36)31(21)38-34(41)30-19-24-16-18-39(29-11-4-3-8-26(29)32(24)44-30)35(42)23-14-12-22(13-15-23)27-20-40(43-2)33-25(27)9-6-17-37-33/h3-15,17,19-20H,16,18H2,1-2H3,(H,38,41). The highest BCUT2D eigenvalue weighted by Crippen LogP contribution is 2.42. The monoisotopic (exact) mass is 618 g/mol. The summed E-state index contributed by atoms with van der Waals surface area (Å²) in [5.74, 6) is -0.897. The Hall–Kier alpha value is -4.73. The van der Waals surface area contributed by atoms with Crippen LogP contribution in [-0.2, 0) is 6.42 Å². The van der Waals surface area contributed by atoms with Crippen molar-refractivity contribution < 1.29 is 14.0 Å². The number of halogens is 1. The SMILES string of the molecule is CSn1cc(-c2ccc(C(=O)N3CCc4cc(C(=O)Nc5c(C)cccc5F)sc4-c4ccccc43)cc2)c2cccnc21. The molecule has 0 fully saturated rings. The quantitative estimate of drug-likeness (QED) is 0.211. The fraction of sp³-hybridized carbons (Fsp3) is 0.114. The van der Waals surface area contributed by atoms with Crippen LogP contribution in [-0.4, -0.2) is 33.6 Å². The summed E-state index contributed by atoms with van der Waals surface area (Å²) in [6.07, 6.45) is 6.47. The van der Waals surface area contributed by atoms with Gasteiger partial charge >= 0.3 is 0 Å². The summed E-state index contributed by atoms with van der Waals surface area (Å²) in [7, 11) is 0. The zero-order valence-electron chi connectivity index (χ0n) is 24.0. The van der Waals surface area contributed by atoms with Crippen molar-refractivity contribution in [3.63, 3.8) is 0 Å². The highest BCUT2D eigenvalue weighted by atomic mass is 32.2. The van der Waals surface area contributed by atoms with Crippen LogP contribution in [0.1, 0.15) is 31.2 Å². The lowest BCUT2D eigenvalue weighted by Gasteiger charge is -2.23.